The standard InChI is InChI=1S/C29H26N6O2S/c1-33-27(36)25-26(35-24-12-7-11-23(24)31-29(33)35)32-34(28(25)38(37)21-8-3-2-4-9-21)18-19-13-15-20(16-14-19)22-10-5-6-17-30-22/h2-6,8-10,13-17,23-24H,7,11-12,18H2,1H3/t23-,24+,38?/m1/s1. The van der Waals surface area contributed by atoms with Crippen LogP contribution < -0.4 is 4.90 Å². The highest BCUT2D eigenvalue weighted by molar-refractivity contribution is 7.91. The molecular weight excluding hydrogens is 496 g/mol. The maximum Gasteiger partial charge on any atom is 0.271 e. The van der Waals surface area contributed by atoms with E-state index in [1.54, 1.807) is 22.8 Å². The monoisotopic (exact) mass is 522 g/mol. The van der Waals surface area contributed by atoms with E-state index in [2.05, 4.69) is 9.88 Å². The number of pyridine rings is 1. The van der Waals surface area contributed by atoms with Gasteiger partial charge in [-0.1, -0.05) is 48.5 Å². The van der Waals surface area contributed by atoms with Gasteiger partial charge in [-0.25, -0.2) is 9.67 Å². The Bertz CT molecular complexity index is 1540. The zero-order chi connectivity index (χ0) is 25.8. The predicted molar refractivity (Wildman–Crippen MR) is 146 cm³/mol. The third-order valence-corrected chi connectivity index (χ3v) is 9.05. The lowest BCUT2D eigenvalue weighted by molar-refractivity contribution is 0.0861. The Balaban J connectivity index is 1.33. The Hall–Kier alpha value is -3.95. The van der Waals surface area contributed by atoms with E-state index in [0.29, 0.717) is 33.8 Å². The lowest BCUT2D eigenvalue weighted by Crippen LogP contribution is -2.51. The third kappa shape index (κ3) is 3.65. The van der Waals surface area contributed by atoms with E-state index in [1.807, 2.05) is 72.8 Å². The van der Waals surface area contributed by atoms with Crippen molar-refractivity contribution in [1.82, 2.24) is 19.7 Å². The zero-order valence-corrected chi connectivity index (χ0v) is 21.7. The zero-order valence-electron chi connectivity index (χ0n) is 20.9. The molecule has 1 saturated carbocycles. The summed E-state index contributed by atoms with van der Waals surface area (Å²) in [6.45, 7) is 0.384. The number of aliphatic imine (C=N–C) groups is 1. The molecule has 1 unspecified atom stereocenters. The normalized spacial score (nSPS) is 20.7. The van der Waals surface area contributed by atoms with Crippen LogP contribution in [0.5, 0.6) is 0 Å². The summed E-state index contributed by atoms with van der Waals surface area (Å²) in [6.07, 6.45) is 4.88. The molecule has 8 nitrogen and oxygen atoms in total. The highest BCUT2D eigenvalue weighted by Gasteiger charge is 2.51. The average Bonchev–Trinajstić information content (AvgIpc) is 3.66. The van der Waals surface area contributed by atoms with Gasteiger partial charge in [0.1, 0.15) is 0 Å². The van der Waals surface area contributed by atoms with Gasteiger partial charge in [-0.2, -0.15) is 0 Å². The van der Waals surface area contributed by atoms with Gasteiger partial charge in [0.15, 0.2) is 16.3 Å². The second-order valence-electron chi connectivity index (χ2n) is 9.88. The Kier molecular flexibility index (Phi) is 5.56. The van der Waals surface area contributed by atoms with Gasteiger partial charge < -0.3 is 4.55 Å². The summed E-state index contributed by atoms with van der Waals surface area (Å²) in [5.74, 6) is 1.01. The van der Waals surface area contributed by atoms with Crippen LogP contribution in [-0.2, 0) is 17.7 Å². The smallest absolute Gasteiger partial charge is 0.271 e. The molecule has 0 radical (unpaired) electrons. The highest BCUT2D eigenvalue weighted by atomic mass is 32.2. The van der Waals surface area contributed by atoms with Crippen LogP contribution in [0.3, 0.4) is 0 Å². The third-order valence-electron chi connectivity index (χ3n) is 7.59. The van der Waals surface area contributed by atoms with Crippen molar-refractivity contribution in [1.29, 1.82) is 0 Å². The Morgan fingerprint density at radius 3 is 2.55 bits per heavy atom. The summed E-state index contributed by atoms with van der Waals surface area (Å²) in [6, 6.07) is 23.6. The largest absolute Gasteiger partial charge is 0.605 e. The van der Waals surface area contributed by atoms with Gasteiger partial charge in [-0.15, -0.1) is 5.10 Å². The molecule has 9 heteroatoms. The lowest BCUT2D eigenvalue weighted by atomic mass is 10.1. The fourth-order valence-corrected chi connectivity index (χ4v) is 7.01. The molecule has 0 bridgehead atoms. The van der Waals surface area contributed by atoms with Crippen molar-refractivity contribution in [3.05, 3.63) is 90.1 Å². The number of hydrogen-bond acceptors (Lipinski definition) is 6. The molecule has 7 rings (SSSR count). The van der Waals surface area contributed by atoms with Crippen molar-refractivity contribution >= 4 is 28.9 Å². The summed E-state index contributed by atoms with van der Waals surface area (Å²) in [4.78, 5) is 27.4. The molecule has 2 aromatic heterocycles. The molecular formula is C29H26N6O2S. The number of rotatable bonds is 5. The van der Waals surface area contributed by atoms with Crippen LogP contribution in [0.2, 0.25) is 0 Å². The number of aromatic nitrogens is 3. The maximum absolute atomic E-state index is 14.0. The van der Waals surface area contributed by atoms with Crippen molar-refractivity contribution in [2.45, 2.75) is 47.8 Å². The van der Waals surface area contributed by atoms with Crippen molar-refractivity contribution in [2.24, 2.45) is 4.99 Å². The van der Waals surface area contributed by atoms with Crippen LogP contribution >= 0.6 is 0 Å². The van der Waals surface area contributed by atoms with Gasteiger partial charge in [0.05, 0.1) is 24.3 Å². The number of hydrogen-bond donors (Lipinski definition) is 0. The number of amides is 1. The Morgan fingerprint density at radius 2 is 1.79 bits per heavy atom. The number of nitrogens with zero attached hydrogens (tertiary/aromatic N) is 6. The van der Waals surface area contributed by atoms with E-state index < -0.39 is 11.2 Å². The number of guanidine groups is 1. The summed E-state index contributed by atoms with van der Waals surface area (Å²) in [5, 5.41) is 5.40. The average molecular weight is 523 g/mol. The second-order valence-corrected chi connectivity index (χ2v) is 11.3. The molecule has 2 aliphatic heterocycles. The molecule has 1 fully saturated rings. The molecule has 3 aliphatic rings. The molecule has 1 amide bonds. The van der Waals surface area contributed by atoms with Crippen LogP contribution in [0.15, 0.2) is 93.9 Å². The van der Waals surface area contributed by atoms with E-state index >= 15 is 0 Å². The van der Waals surface area contributed by atoms with Gasteiger partial charge in [0.2, 0.25) is 5.96 Å². The van der Waals surface area contributed by atoms with Crippen molar-refractivity contribution in [3.63, 3.8) is 0 Å². The number of carbonyl (C=O) groups is 1. The molecule has 3 atom stereocenters. The Morgan fingerprint density at radius 1 is 1.00 bits per heavy atom. The van der Waals surface area contributed by atoms with Crippen LogP contribution in [0.4, 0.5) is 5.82 Å². The first-order chi connectivity index (χ1) is 18.6. The first-order valence-electron chi connectivity index (χ1n) is 12.8. The quantitative estimate of drug-likeness (QED) is 0.364. The topological polar surface area (TPSA) is 89.7 Å². The molecule has 38 heavy (non-hydrogen) atoms. The first kappa shape index (κ1) is 23.2. The van der Waals surface area contributed by atoms with Gasteiger partial charge >= 0.3 is 0 Å². The molecule has 0 saturated heterocycles. The Labute approximate surface area is 223 Å². The minimum Gasteiger partial charge on any atom is -0.605 e. The second kappa shape index (κ2) is 9.11. The van der Waals surface area contributed by atoms with Crippen molar-refractivity contribution in [2.75, 3.05) is 11.9 Å². The number of anilines is 1. The number of carbonyl (C=O) groups excluding carboxylic acids is 1. The van der Waals surface area contributed by atoms with Crippen molar-refractivity contribution in [3.8, 4) is 11.3 Å². The minimum absolute atomic E-state index is 0.165. The minimum atomic E-state index is -1.60. The fourth-order valence-electron chi connectivity index (χ4n) is 5.72. The van der Waals surface area contributed by atoms with E-state index in [0.717, 1.165) is 36.1 Å². The summed E-state index contributed by atoms with van der Waals surface area (Å²) >= 11 is -1.60. The van der Waals surface area contributed by atoms with Crippen LogP contribution in [-0.4, -0.2) is 55.2 Å². The summed E-state index contributed by atoms with van der Waals surface area (Å²) in [5.41, 5.74) is 3.32. The fraction of sp³-hybridized carbons (Fsp3) is 0.241. The molecule has 0 spiro atoms. The summed E-state index contributed by atoms with van der Waals surface area (Å²) < 4.78 is 15.8. The van der Waals surface area contributed by atoms with E-state index in [9.17, 15) is 9.35 Å². The van der Waals surface area contributed by atoms with E-state index in [-0.39, 0.29) is 18.0 Å². The number of fused-ring (bicyclic) bond motifs is 5. The van der Waals surface area contributed by atoms with Crippen LogP contribution in [0.25, 0.3) is 11.3 Å². The molecule has 4 aromatic rings. The van der Waals surface area contributed by atoms with E-state index in [4.69, 9.17) is 10.1 Å². The molecule has 4 heterocycles. The van der Waals surface area contributed by atoms with E-state index in [1.165, 1.54) is 0 Å². The highest BCUT2D eigenvalue weighted by Crippen LogP contribution is 2.43. The van der Waals surface area contributed by atoms with Gasteiger partial charge in [-0.05, 0) is 49.1 Å². The van der Waals surface area contributed by atoms with Gasteiger partial charge in [0, 0.05) is 30.0 Å². The number of benzene rings is 2. The molecule has 190 valence electrons. The first-order valence-corrected chi connectivity index (χ1v) is 14.0. The lowest BCUT2D eigenvalue weighted by Gasteiger charge is -2.33. The predicted octanol–water partition coefficient (Wildman–Crippen LogP) is 4.34. The molecule has 0 N–H and O–H groups in total. The molecule has 2 aromatic carbocycles. The van der Waals surface area contributed by atoms with Gasteiger partial charge in [-0.3, -0.25) is 19.6 Å². The SMILES string of the molecule is CN1C(=O)c2c(nn(Cc3ccc(-c4ccccn4)cc3)c2[S+]([O-])c2ccccc2)N2C1=N[C@@H]1CCC[C@@H]12. The van der Waals surface area contributed by atoms with Crippen LogP contribution in [0, 0.1) is 0 Å². The van der Waals surface area contributed by atoms with Crippen molar-refractivity contribution < 1.29 is 9.35 Å². The van der Waals surface area contributed by atoms with Crippen LogP contribution in [0.1, 0.15) is 35.2 Å². The summed E-state index contributed by atoms with van der Waals surface area (Å²) in [7, 11) is 1.75. The maximum atomic E-state index is 14.0. The van der Waals surface area contributed by atoms with Gasteiger partial charge in [0.25, 0.3) is 10.9 Å². The molecule has 1 aliphatic carbocycles.